The van der Waals surface area contributed by atoms with Gasteiger partial charge in [-0.3, -0.25) is 4.79 Å². The molecule has 0 radical (unpaired) electrons. The molecule has 2 aromatic rings. The van der Waals surface area contributed by atoms with Crippen LogP contribution < -0.4 is 0 Å². The maximum Gasteiger partial charge on any atom is 0.162 e. The topological polar surface area (TPSA) is 17.1 Å². The Bertz CT molecular complexity index is 499. The number of ketones is 1. The van der Waals surface area contributed by atoms with E-state index in [0.29, 0.717) is 6.42 Å². The van der Waals surface area contributed by atoms with E-state index in [2.05, 4.69) is 0 Å². The summed E-state index contributed by atoms with van der Waals surface area (Å²) in [4.78, 5) is 12.5. The van der Waals surface area contributed by atoms with Crippen LogP contribution in [0.4, 0.5) is 0 Å². The lowest BCUT2D eigenvalue weighted by Gasteiger charge is -2.01. The summed E-state index contributed by atoms with van der Waals surface area (Å²) in [5, 5.41) is 2.72. The summed E-state index contributed by atoms with van der Waals surface area (Å²) < 4.78 is 0. The van der Waals surface area contributed by atoms with Crippen molar-refractivity contribution >= 4 is 28.7 Å². The molecule has 16 heavy (non-hydrogen) atoms. The van der Waals surface area contributed by atoms with Crippen molar-refractivity contribution in [3.8, 4) is 10.4 Å². The highest BCUT2D eigenvalue weighted by atomic mass is 35.5. The third-order valence-corrected chi connectivity index (χ3v) is 3.80. The van der Waals surface area contributed by atoms with Gasteiger partial charge in [0.25, 0.3) is 0 Å². The van der Waals surface area contributed by atoms with Gasteiger partial charge in [0.05, 0.1) is 9.90 Å². The molecule has 0 unspecified atom stereocenters. The van der Waals surface area contributed by atoms with Crippen LogP contribution in [0.3, 0.4) is 0 Å². The molecule has 0 amide bonds. The predicted molar refractivity (Wildman–Crippen MR) is 69.4 cm³/mol. The summed E-state index contributed by atoms with van der Waals surface area (Å²) in [6.07, 6.45) is 0.541. The van der Waals surface area contributed by atoms with Gasteiger partial charge in [-0.2, -0.15) is 0 Å². The zero-order chi connectivity index (χ0) is 11.5. The molecular formula is C13H11ClOS. The van der Waals surface area contributed by atoms with Crippen LogP contribution in [0.2, 0.25) is 5.02 Å². The standard InChI is InChI=1S/C13H11ClOS/c1-2-12(15)9-3-5-10(6-4-9)13-11(14)7-8-16-13/h3-8H,2H2,1H3. The summed E-state index contributed by atoms with van der Waals surface area (Å²) in [6.45, 7) is 1.87. The van der Waals surface area contributed by atoms with E-state index < -0.39 is 0 Å². The molecule has 1 nitrogen and oxygen atoms in total. The molecule has 0 aliphatic rings. The smallest absolute Gasteiger partial charge is 0.162 e. The third-order valence-electron chi connectivity index (χ3n) is 2.41. The second-order valence-electron chi connectivity index (χ2n) is 3.45. The first-order valence-electron chi connectivity index (χ1n) is 5.09. The van der Waals surface area contributed by atoms with Crippen molar-refractivity contribution in [2.75, 3.05) is 0 Å². The van der Waals surface area contributed by atoms with Crippen LogP contribution in [0, 0.1) is 0 Å². The average Bonchev–Trinajstić information content (AvgIpc) is 2.75. The van der Waals surface area contributed by atoms with Gasteiger partial charge in [-0.1, -0.05) is 42.8 Å². The van der Waals surface area contributed by atoms with Crippen LogP contribution in [0.25, 0.3) is 10.4 Å². The highest BCUT2D eigenvalue weighted by Gasteiger charge is 2.06. The van der Waals surface area contributed by atoms with E-state index in [4.69, 9.17) is 11.6 Å². The second kappa shape index (κ2) is 4.81. The van der Waals surface area contributed by atoms with Gasteiger partial charge in [-0.25, -0.2) is 0 Å². The second-order valence-corrected chi connectivity index (χ2v) is 4.78. The fourth-order valence-corrected chi connectivity index (χ4v) is 2.68. The molecule has 0 aliphatic carbocycles. The molecule has 0 saturated heterocycles. The van der Waals surface area contributed by atoms with E-state index >= 15 is 0 Å². The van der Waals surface area contributed by atoms with E-state index in [1.165, 1.54) is 0 Å². The van der Waals surface area contributed by atoms with E-state index in [0.717, 1.165) is 21.0 Å². The quantitative estimate of drug-likeness (QED) is 0.724. The molecule has 2 rings (SSSR count). The average molecular weight is 251 g/mol. The Hall–Kier alpha value is -1.12. The van der Waals surface area contributed by atoms with Gasteiger partial charge in [0.2, 0.25) is 0 Å². The van der Waals surface area contributed by atoms with E-state index in [1.54, 1.807) is 11.3 Å². The van der Waals surface area contributed by atoms with Gasteiger partial charge in [-0.15, -0.1) is 11.3 Å². The lowest BCUT2D eigenvalue weighted by Crippen LogP contribution is -1.95. The maximum atomic E-state index is 11.5. The van der Waals surface area contributed by atoms with Crippen molar-refractivity contribution in [3.63, 3.8) is 0 Å². The molecule has 1 aromatic heterocycles. The van der Waals surface area contributed by atoms with Gasteiger partial charge in [-0.05, 0) is 17.0 Å². The van der Waals surface area contributed by atoms with Crippen molar-refractivity contribution in [2.45, 2.75) is 13.3 Å². The van der Waals surface area contributed by atoms with Gasteiger partial charge >= 0.3 is 0 Å². The van der Waals surface area contributed by atoms with E-state index in [1.807, 2.05) is 42.6 Å². The molecule has 1 heterocycles. The molecule has 0 bridgehead atoms. The number of rotatable bonds is 3. The molecule has 0 N–H and O–H groups in total. The Morgan fingerprint density at radius 1 is 1.25 bits per heavy atom. The number of thiophene rings is 1. The molecule has 1 aromatic carbocycles. The minimum Gasteiger partial charge on any atom is -0.294 e. The summed E-state index contributed by atoms with van der Waals surface area (Å²) in [5.74, 6) is 0.170. The normalized spacial score (nSPS) is 10.4. The van der Waals surface area contributed by atoms with Crippen LogP contribution in [0.15, 0.2) is 35.7 Å². The van der Waals surface area contributed by atoms with Crippen molar-refractivity contribution in [1.29, 1.82) is 0 Å². The highest BCUT2D eigenvalue weighted by Crippen LogP contribution is 2.33. The summed E-state index contributed by atoms with van der Waals surface area (Å²) >= 11 is 7.65. The van der Waals surface area contributed by atoms with Crippen LogP contribution in [-0.2, 0) is 0 Å². The fourth-order valence-electron chi connectivity index (χ4n) is 1.51. The lowest BCUT2D eigenvalue weighted by atomic mass is 10.1. The molecule has 3 heteroatoms. The molecule has 82 valence electrons. The molecule has 0 atom stereocenters. The minimum atomic E-state index is 0.170. The molecule has 0 saturated carbocycles. The first kappa shape index (κ1) is 11.4. The monoisotopic (exact) mass is 250 g/mol. The van der Waals surface area contributed by atoms with Crippen LogP contribution in [0.5, 0.6) is 0 Å². The van der Waals surface area contributed by atoms with Crippen LogP contribution >= 0.6 is 22.9 Å². The number of carbonyl (C=O) groups excluding carboxylic acids is 1. The molecule has 0 spiro atoms. The van der Waals surface area contributed by atoms with Crippen molar-refractivity contribution in [1.82, 2.24) is 0 Å². The van der Waals surface area contributed by atoms with E-state index in [-0.39, 0.29) is 5.78 Å². The largest absolute Gasteiger partial charge is 0.294 e. The van der Waals surface area contributed by atoms with Crippen molar-refractivity contribution in [2.24, 2.45) is 0 Å². The summed E-state index contributed by atoms with van der Waals surface area (Å²) in [5.41, 5.74) is 1.83. The number of hydrogen-bond donors (Lipinski definition) is 0. The Kier molecular flexibility index (Phi) is 3.42. The predicted octanol–water partition coefficient (Wildman–Crippen LogP) is 4.66. The summed E-state index contributed by atoms with van der Waals surface area (Å²) in [6, 6.07) is 9.49. The fraction of sp³-hybridized carbons (Fsp3) is 0.154. The minimum absolute atomic E-state index is 0.170. The number of halogens is 1. The van der Waals surface area contributed by atoms with Gasteiger partial charge in [0.15, 0.2) is 5.78 Å². The van der Waals surface area contributed by atoms with Crippen LogP contribution in [-0.4, -0.2) is 5.78 Å². The highest BCUT2D eigenvalue weighted by molar-refractivity contribution is 7.14. The lowest BCUT2D eigenvalue weighted by molar-refractivity contribution is 0.0988. The SMILES string of the molecule is CCC(=O)c1ccc(-c2sccc2Cl)cc1. The van der Waals surface area contributed by atoms with Crippen LogP contribution in [0.1, 0.15) is 23.7 Å². The molecule has 0 aliphatic heterocycles. The van der Waals surface area contributed by atoms with Crippen molar-refractivity contribution in [3.05, 3.63) is 46.3 Å². The first-order valence-corrected chi connectivity index (χ1v) is 6.34. The summed E-state index contributed by atoms with van der Waals surface area (Å²) in [7, 11) is 0. The van der Waals surface area contributed by atoms with E-state index in [9.17, 15) is 4.79 Å². The number of hydrogen-bond acceptors (Lipinski definition) is 2. The maximum absolute atomic E-state index is 11.5. The van der Waals surface area contributed by atoms with Gasteiger partial charge in [0.1, 0.15) is 0 Å². The zero-order valence-corrected chi connectivity index (χ0v) is 10.4. The number of benzene rings is 1. The molecule has 0 fully saturated rings. The number of Topliss-reactive ketones (excluding diaryl/α,β-unsaturated/α-hetero) is 1. The van der Waals surface area contributed by atoms with Gasteiger partial charge in [0, 0.05) is 12.0 Å². The Balaban J connectivity index is 2.33. The first-order chi connectivity index (χ1) is 7.72. The van der Waals surface area contributed by atoms with Crippen molar-refractivity contribution < 1.29 is 4.79 Å². The Morgan fingerprint density at radius 3 is 2.44 bits per heavy atom. The molecular weight excluding hydrogens is 240 g/mol. The van der Waals surface area contributed by atoms with Gasteiger partial charge < -0.3 is 0 Å². The Labute approximate surface area is 104 Å². The zero-order valence-electron chi connectivity index (χ0n) is 8.87. The Morgan fingerprint density at radius 2 is 1.94 bits per heavy atom. The number of carbonyl (C=O) groups is 1. The third kappa shape index (κ3) is 2.18.